The number of anilines is 1. The average Bonchev–Trinajstić information content (AvgIpc) is 2.90. The van der Waals surface area contributed by atoms with Crippen molar-refractivity contribution >= 4 is 11.6 Å². The summed E-state index contributed by atoms with van der Waals surface area (Å²) in [5.74, 6) is -0.118. The Morgan fingerprint density at radius 3 is 2.86 bits per heavy atom. The van der Waals surface area contributed by atoms with Crippen LogP contribution < -0.4 is 10.6 Å². The molecule has 1 unspecified atom stereocenters. The van der Waals surface area contributed by atoms with Gasteiger partial charge in [0.25, 0.3) is 0 Å². The number of amides is 1. The Labute approximate surface area is 125 Å². The second-order valence-electron chi connectivity index (χ2n) is 5.80. The second kappa shape index (κ2) is 6.56. The Hall–Kier alpha value is -1.43. The van der Waals surface area contributed by atoms with E-state index < -0.39 is 0 Å². The topological polar surface area (TPSA) is 59.6 Å². The molecule has 1 spiro atoms. The second-order valence-corrected chi connectivity index (χ2v) is 5.80. The van der Waals surface area contributed by atoms with Gasteiger partial charge in [-0.3, -0.25) is 4.79 Å². The van der Waals surface area contributed by atoms with Crippen LogP contribution >= 0.6 is 0 Å². The van der Waals surface area contributed by atoms with Crippen molar-refractivity contribution in [2.45, 2.75) is 31.0 Å². The fourth-order valence-corrected chi connectivity index (χ4v) is 3.05. The van der Waals surface area contributed by atoms with Gasteiger partial charge in [-0.2, -0.15) is 0 Å². The number of benzene rings is 1. The Bertz CT molecular complexity index is 472. The van der Waals surface area contributed by atoms with E-state index in [9.17, 15) is 4.79 Å². The van der Waals surface area contributed by atoms with Gasteiger partial charge >= 0.3 is 0 Å². The first-order chi connectivity index (χ1) is 10.3. The van der Waals surface area contributed by atoms with Crippen molar-refractivity contribution in [2.24, 2.45) is 0 Å². The molecule has 2 N–H and O–H groups in total. The van der Waals surface area contributed by atoms with Crippen molar-refractivity contribution < 1.29 is 14.3 Å². The van der Waals surface area contributed by atoms with E-state index >= 15 is 0 Å². The number of rotatable bonds is 4. The smallest absolute Gasteiger partial charge is 0.250 e. The van der Waals surface area contributed by atoms with E-state index in [4.69, 9.17) is 9.47 Å². The summed E-state index contributed by atoms with van der Waals surface area (Å²) >= 11 is 0. The molecule has 0 aliphatic carbocycles. The molecule has 2 aliphatic heterocycles. The van der Waals surface area contributed by atoms with Crippen LogP contribution in [0.4, 0.5) is 5.69 Å². The maximum absolute atomic E-state index is 11.9. The van der Waals surface area contributed by atoms with Crippen LogP contribution in [-0.2, 0) is 14.3 Å². The number of nitrogens with one attached hydrogen (secondary N) is 2. The summed E-state index contributed by atoms with van der Waals surface area (Å²) in [6.07, 6.45) is 2.99. The number of piperidine rings is 1. The molecule has 0 radical (unpaired) electrons. The molecule has 1 aromatic rings. The number of carbonyl (C=O) groups is 1. The zero-order valence-electron chi connectivity index (χ0n) is 12.1. The van der Waals surface area contributed by atoms with E-state index in [1.165, 1.54) is 0 Å². The molecule has 1 aromatic carbocycles. The number of ether oxygens (including phenoxy) is 2. The van der Waals surface area contributed by atoms with Gasteiger partial charge in [0, 0.05) is 12.1 Å². The van der Waals surface area contributed by atoms with E-state index in [1.807, 2.05) is 30.3 Å². The lowest BCUT2D eigenvalue weighted by molar-refractivity contribution is -0.122. The Balaban J connectivity index is 1.42. The lowest BCUT2D eigenvalue weighted by Gasteiger charge is -2.32. The molecule has 2 saturated heterocycles. The Morgan fingerprint density at radius 2 is 2.10 bits per heavy atom. The van der Waals surface area contributed by atoms with Crippen molar-refractivity contribution in [1.29, 1.82) is 0 Å². The maximum Gasteiger partial charge on any atom is 0.250 e. The molecule has 0 saturated carbocycles. The third kappa shape index (κ3) is 3.81. The van der Waals surface area contributed by atoms with Gasteiger partial charge in [-0.1, -0.05) is 18.2 Å². The average molecular weight is 290 g/mol. The highest BCUT2D eigenvalue weighted by Crippen LogP contribution is 2.35. The van der Waals surface area contributed by atoms with Crippen LogP contribution in [-0.4, -0.2) is 43.9 Å². The summed E-state index contributed by atoms with van der Waals surface area (Å²) < 4.78 is 11.7. The number of hydrogen-bond donors (Lipinski definition) is 2. The zero-order valence-corrected chi connectivity index (χ0v) is 12.1. The van der Waals surface area contributed by atoms with Crippen molar-refractivity contribution in [1.82, 2.24) is 5.32 Å². The molecule has 2 aliphatic rings. The zero-order chi connectivity index (χ0) is 14.5. The fourth-order valence-electron chi connectivity index (χ4n) is 3.05. The lowest BCUT2D eigenvalue weighted by atomic mass is 9.89. The predicted molar refractivity (Wildman–Crippen MR) is 80.2 cm³/mol. The van der Waals surface area contributed by atoms with Gasteiger partial charge in [-0.25, -0.2) is 0 Å². The summed E-state index contributed by atoms with van der Waals surface area (Å²) in [6.45, 7) is 2.68. The Morgan fingerprint density at radius 1 is 1.33 bits per heavy atom. The minimum absolute atomic E-state index is 0.0220. The highest BCUT2D eigenvalue weighted by molar-refractivity contribution is 5.91. The SMILES string of the molecule is O=C(COC1COC2(CCNCC2)C1)Nc1ccccc1. The highest BCUT2D eigenvalue weighted by Gasteiger charge is 2.41. The standard InChI is InChI=1S/C16H22N2O3/c19-15(18-13-4-2-1-3-5-13)12-20-14-10-16(21-11-14)6-8-17-9-7-16/h1-5,14,17H,6-12H2,(H,18,19). The van der Waals surface area contributed by atoms with E-state index in [2.05, 4.69) is 10.6 Å². The van der Waals surface area contributed by atoms with Crippen molar-refractivity contribution in [3.8, 4) is 0 Å². The molecule has 0 bridgehead atoms. The van der Waals surface area contributed by atoms with E-state index in [0.29, 0.717) is 6.61 Å². The van der Waals surface area contributed by atoms with Crippen molar-refractivity contribution in [2.75, 3.05) is 31.6 Å². The predicted octanol–water partition coefficient (Wildman–Crippen LogP) is 1.55. The Kier molecular flexibility index (Phi) is 4.53. The van der Waals surface area contributed by atoms with E-state index in [1.54, 1.807) is 0 Å². The maximum atomic E-state index is 11.9. The van der Waals surface area contributed by atoms with Crippen LogP contribution in [0, 0.1) is 0 Å². The third-order valence-electron chi connectivity index (χ3n) is 4.20. The summed E-state index contributed by atoms with van der Waals surface area (Å²) in [5.41, 5.74) is 0.773. The van der Waals surface area contributed by atoms with Gasteiger partial charge < -0.3 is 20.1 Å². The summed E-state index contributed by atoms with van der Waals surface area (Å²) in [7, 11) is 0. The molecule has 2 heterocycles. The first-order valence-electron chi connectivity index (χ1n) is 7.57. The molecule has 2 fully saturated rings. The number of carbonyl (C=O) groups excluding carboxylic acids is 1. The van der Waals surface area contributed by atoms with E-state index in [-0.39, 0.29) is 24.2 Å². The van der Waals surface area contributed by atoms with Crippen LogP contribution in [0.5, 0.6) is 0 Å². The monoisotopic (exact) mass is 290 g/mol. The molecular weight excluding hydrogens is 268 g/mol. The molecule has 0 aromatic heterocycles. The molecule has 21 heavy (non-hydrogen) atoms. The molecule has 114 valence electrons. The molecule has 3 rings (SSSR count). The minimum atomic E-state index is -0.118. The third-order valence-corrected chi connectivity index (χ3v) is 4.20. The van der Waals surface area contributed by atoms with Gasteiger partial charge in [0.05, 0.1) is 18.3 Å². The van der Waals surface area contributed by atoms with Gasteiger partial charge in [0.15, 0.2) is 0 Å². The summed E-state index contributed by atoms with van der Waals surface area (Å²) in [4.78, 5) is 11.9. The fraction of sp³-hybridized carbons (Fsp3) is 0.562. The normalized spacial score (nSPS) is 24.1. The molecule has 5 heteroatoms. The molecule has 1 amide bonds. The lowest BCUT2D eigenvalue weighted by Crippen LogP contribution is -2.41. The largest absolute Gasteiger partial charge is 0.372 e. The van der Waals surface area contributed by atoms with Crippen LogP contribution in [0.1, 0.15) is 19.3 Å². The van der Waals surface area contributed by atoms with Crippen LogP contribution in [0.3, 0.4) is 0 Å². The molecule has 5 nitrogen and oxygen atoms in total. The van der Waals surface area contributed by atoms with Gasteiger partial charge in [-0.05, 0) is 38.1 Å². The quantitative estimate of drug-likeness (QED) is 0.883. The highest BCUT2D eigenvalue weighted by atomic mass is 16.6. The van der Waals surface area contributed by atoms with Gasteiger partial charge in [0.1, 0.15) is 6.61 Å². The minimum Gasteiger partial charge on any atom is -0.372 e. The van der Waals surface area contributed by atoms with Gasteiger partial charge in [0.2, 0.25) is 5.91 Å². The number of para-hydroxylation sites is 1. The van der Waals surface area contributed by atoms with Gasteiger partial charge in [-0.15, -0.1) is 0 Å². The molecule has 1 atom stereocenters. The van der Waals surface area contributed by atoms with Crippen LogP contribution in [0.2, 0.25) is 0 Å². The first kappa shape index (κ1) is 14.5. The van der Waals surface area contributed by atoms with Crippen LogP contribution in [0.25, 0.3) is 0 Å². The van der Waals surface area contributed by atoms with E-state index in [0.717, 1.165) is 38.0 Å². The van der Waals surface area contributed by atoms with Crippen molar-refractivity contribution in [3.05, 3.63) is 30.3 Å². The first-order valence-corrected chi connectivity index (χ1v) is 7.57. The van der Waals surface area contributed by atoms with Crippen LogP contribution in [0.15, 0.2) is 30.3 Å². The van der Waals surface area contributed by atoms with Crippen molar-refractivity contribution in [3.63, 3.8) is 0 Å². The molecular formula is C16H22N2O3. The summed E-state index contributed by atoms with van der Waals surface area (Å²) in [6, 6.07) is 9.42. The number of hydrogen-bond acceptors (Lipinski definition) is 4. The summed E-state index contributed by atoms with van der Waals surface area (Å²) in [5, 5.41) is 6.17.